The average molecular weight is 278 g/mol. The molecular formula is C15H16ClNO2. The van der Waals surface area contributed by atoms with Gasteiger partial charge in [-0.2, -0.15) is 5.26 Å². The van der Waals surface area contributed by atoms with Gasteiger partial charge in [0.1, 0.15) is 11.0 Å². The Hall–Kier alpha value is -1.08. The van der Waals surface area contributed by atoms with E-state index in [4.69, 9.17) is 16.3 Å². The maximum absolute atomic E-state index is 11.0. The second-order valence-electron chi connectivity index (χ2n) is 5.69. The average Bonchev–Trinajstić information content (AvgIpc) is 3.00. The van der Waals surface area contributed by atoms with Crippen molar-refractivity contribution in [3.63, 3.8) is 0 Å². The number of halogens is 1. The molecule has 4 atom stereocenters. The molecule has 0 spiro atoms. The molecule has 0 radical (unpaired) electrons. The second kappa shape index (κ2) is 4.21. The minimum Gasteiger partial charge on any atom is -0.384 e. The van der Waals surface area contributed by atoms with E-state index in [1.54, 1.807) is 31.2 Å². The second-order valence-corrected chi connectivity index (χ2v) is 6.13. The Morgan fingerprint density at radius 3 is 2.58 bits per heavy atom. The molecule has 0 saturated carbocycles. The van der Waals surface area contributed by atoms with Crippen molar-refractivity contribution in [3.8, 4) is 6.07 Å². The van der Waals surface area contributed by atoms with Crippen molar-refractivity contribution in [2.45, 2.75) is 44.0 Å². The van der Waals surface area contributed by atoms with Crippen molar-refractivity contribution >= 4 is 11.6 Å². The summed E-state index contributed by atoms with van der Waals surface area (Å²) in [6, 6.07) is 9.41. The molecule has 2 aliphatic rings. The molecule has 2 heterocycles. The van der Waals surface area contributed by atoms with Crippen molar-refractivity contribution in [3.05, 3.63) is 34.9 Å². The van der Waals surface area contributed by atoms with Crippen LogP contribution in [0.1, 0.15) is 31.7 Å². The summed E-state index contributed by atoms with van der Waals surface area (Å²) in [5.74, 6) is 0. The number of hydrogen-bond donors (Lipinski definition) is 1. The first-order chi connectivity index (χ1) is 8.99. The number of nitriles is 1. The molecule has 2 saturated heterocycles. The van der Waals surface area contributed by atoms with Crippen molar-refractivity contribution in [2.24, 2.45) is 5.41 Å². The standard InChI is InChI=1S/C15H16ClNO2/c1-14(18,10-2-4-11(16)5-3-10)15(9-17)8-12-6-7-13(15)19-12/h2-5,12-13,18H,6-8H2,1H3. The van der Waals surface area contributed by atoms with Gasteiger partial charge in [0.2, 0.25) is 0 Å². The number of nitrogens with zero attached hydrogens (tertiary/aromatic N) is 1. The lowest BCUT2D eigenvalue weighted by Crippen LogP contribution is -2.49. The Morgan fingerprint density at radius 1 is 1.42 bits per heavy atom. The Balaban J connectivity index is 2.03. The predicted molar refractivity (Wildman–Crippen MR) is 71.6 cm³/mol. The van der Waals surface area contributed by atoms with E-state index in [0.29, 0.717) is 11.4 Å². The van der Waals surface area contributed by atoms with Gasteiger partial charge in [0.15, 0.2) is 0 Å². The normalized spacial score (nSPS) is 35.9. The van der Waals surface area contributed by atoms with Crippen molar-refractivity contribution in [1.29, 1.82) is 5.26 Å². The van der Waals surface area contributed by atoms with Crippen LogP contribution in [0.25, 0.3) is 0 Å². The fraction of sp³-hybridized carbons (Fsp3) is 0.533. The number of benzene rings is 1. The van der Waals surface area contributed by atoms with Crippen LogP contribution in [0.2, 0.25) is 5.02 Å². The lowest BCUT2D eigenvalue weighted by Gasteiger charge is -2.41. The maximum Gasteiger partial charge on any atom is 0.118 e. The molecule has 1 aromatic rings. The molecule has 19 heavy (non-hydrogen) atoms. The number of fused-ring (bicyclic) bond motifs is 2. The Labute approximate surface area is 117 Å². The fourth-order valence-electron chi connectivity index (χ4n) is 3.48. The fourth-order valence-corrected chi connectivity index (χ4v) is 3.61. The molecular weight excluding hydrogens is 262 g/mol. The van der Waals surface area contributed by atoms with E-state index in [-0.39, 0.29) is 12.2 Å². The van der Waals surface area contributed by atoms with Gasteiger partial charge in [0.25, 0.3) is 0 Å². The number of rotatable bonds is 2. The van der Waals surface area contributed by atoms with Crippen molar-refractivity contribution in [2.75, 3.05) is 0 Å². The number of hydrogen-bond acceptors (Lipinski definition) is 3. The van der Waals surface area contributed by atoms with Gasteiger partial charge in [0, 0.05) is 5.02 Å². The first kappa shape index (κ1) is 12.9. The molecule has 3 rings (SSSR count). The van der Waals surface area contributed by atoms with Crippen molar-refractivity contribution in [1.82, 2.24) is 0 Å². The highest BCUT2D eigenvalue weighted by atomic mass is 35.5. The zero-order valence-corrected chi connectivity index (χ0v) is 11.5. The zero-order chi connectivity index (χ0) is 13.7. The summed E-state index contributed by atoms with van der Waals surface area (Å²) in [7, 11) is 0. The molecule has 1 aromatic carbocycles. The van der Waals surface area contributed by atoms with Crippen LogP contribution in [0.5, 0.6) is 0 Å². The van der Waals surface area contributed by atoms with Gasteiger partial charge >= 0.3 is 0 Å². The lowest BCUT2D eigenvalue weighted by molar-refractivity contribution is -0.0773. The van der Waals surface area contributed by atoms with Crippen LogP contribution in [-0.4, -0.2) is 17.3 Å². The van der Waals surface area contributed by atoms with Gasteiger partial charge in [-0.1, -0.05) is 23.7 Å². The van der Waals surface area contributed by atoms with Crippen LogP contribution in [0.15, 0.2) is 24.3 Å². The van der Waals surface area contributed by atoms with Gasteiger partial charge in [-0.05, 0) is 43.9 Å². The van der Waals surface area contributed by atoms with Crippen LogP contribution in [-0.2, 0) is 10.3 Å². The third kappa shape index (κ3) is 1.71. The van der Waals surface area contributed by atoms with Gasteiger partial charge in [-0.15, -0.1) is 0 Å². The van der Waals surface area contributed by atoms with Crippen LogP contribution >= 0.6 is 11.6 Å². The van der Waals surface area contributed by atoms with Crippen LogP contribution in [0, 0.1) is 16.7 Å². The van der Waals surface area contributed by atoms with E-state index in [9.17, 15) is 10.4 Å². The summed E-state index contributed by atoms with van der Waals surface area (Å²) in [5.41, 5.74) is -1.37. The zero-order valence-electron chi connectivity index (χ0n) is 10.8. The van der Waals surface area contributed by atoms with Gasteiger partial charge in [-0.3, -0.25) is 0 Å². The Bertz CT molecular complexity index is 534. The highest BCUT2D eigenvalue weighted by Gasteiger charge is 2.62. The topological polar surface area (TPSA) is 53.2 Å². The monoisotopic (exact) mass is 277 g/mol. The molecule has 4 unspecified atom stereocenters. The smallest absolute Gasteiger partial charge is 0.118 e. The molecule has 4 heteroatoms. The largest absolute Gasteiger partial charge is 0.384 e. The molecule has 2 fully saturated rings. The summed E-state index contributed by atoms with van der Waals surface area (Å²) in [6.45, 7) is 1.71. The minimum absolute atomic E-state index is 0.114. The van der Waals surface area contributed by atoms with E-state index >= 15 is 0 Å². The summed E-state index contributed by atoms with van der Waals surface area (Å²) >= 11 is 5.88. The summed E-state index contributed by atoms with van der Waals surface area (Å²) in [4.78, 5) is 0. The summed E-state index contributed by atoms with van der Waals surface area (Å²) in [5, 5.41) is 21.3. The quantitative estimate of drug-likeness (QED) is 0.904. The van der Waals surface area contributed by atoms with Gasteiger partial charge in [-0.25, -0.2) is 0 Å². The minimum atomic E-state index is -1.23. The lowest BCUT2D eigenvalue weighted by atomic mass is 9.62. The molecule has 1 N–H and O–H groups in total. The van der Waals surface area contributed by atoms with E-state index in [1.165, 1.54) is 0 Å². The Kier molecular flexibility index (Phi) is 2.86. The molecule has 0 aliphatic carbocycles. The molecule has 3 nitrogen and oxygen atoms in total. The first-order valence-corrected chi connectivity index (χ1v) is 6.92. The van der Waals surface area contributed by atoms with Crippen LogP contribution < -0.4 is 0 Å². The van der Waals surface area contributed by atoms with Crippen LogP contribution in [0.3, 0.4) is 0 Å². The summed E-state index contributed by atoms with van der Waals surface area (Å²) in [6.07, 6.45) is 2.38. The Morgan fingerprint density at radius 2 is 2.11 bits per heavy atom. The highest BCUT2D eigenvalue weighted by Crippen LogP contribution is 2.56. The molecule has 0 amide bonds. The predicted octanol–water partition coefficient (Wildman–Crippen LogP) is 3.01. The molecule has 100 valence electrons. The van der Waals surface area contributed by atoms with Crippen LogP contribution in [0.4, 0.5) is 0 Å². The molecule has 2 aliphatic heterocycles. The van der Waals surface area contributed by atoms with E-state index < -0.39 is 11.0 Å². The molecule has 2 bridgehead atoms. The third-order valence-electron chi connectivity index (χ3n) is 4.68. The number of aliphatic hydroxyl groups is 1. The SMILES string of the molecule is CC(O)(c1ccc(Cl)cc1)C1(C#N)CC2CCC1O2. The van der Waals surface area contributed by atoms with E-state index in [2.05, 4.69) is 6.07 Å². The number of ether oxygens (including phenoxy) is 1. The highest BCUT2D eigenvalue weighted by molar-refractivity contribution is 6.30. The third-order valence-corrected chi connectivity index (χ3v) is 4.93. The van der Waals surface area contributed by atoms with Gasteiger partial charge < -0.3 is 9.84 Å². The first-order valence-electron chi connectivity index (χ1n) is 6.55. The van der Waals surface area contributed by atoms with Crippen molar-refractivity contribution < 1.29 is 9.84 Å². The van der Waals surface area contributed by atoms with E-state index in [0.717, 1.165) is 18.4 Å². The van der Waals surface area contributed by atoms with Gasteiger partial charge in [0.05, 0.1) is 18.3 Å². The van der Waals surface area contributed by atoms with E-state index in [1.807, 2.05) is 0 Å². The summed E-state index contributed by atoms with van der Waals surface area (Å²) < 4.78 is 5.80. The maximum atomic E-state index is 11.0. The molecule has 0 aromatic heterocycles.